The maximum Gasteiger partial charge on any atom is 0.0297 e. The van der Waals surface area contributed by atoms with Crippen molar-refractivity contribution in [3.05, 3.63) is 0 Å². The Morgan fingerprint density at radius 3 is 2.00 bits per heavy atom. The summed E-state index contributed by atoms with van der Waals surface area (Å²) in [4.78, 5) is 0. The minimum atomic E-state index is 0.861. The molecule has 0 radical (unpaired) electrons. The van der Waals surface area contributed by atoms with E-state index < -0.39 is 0 Å². The molecule has 0 saturated carbocycles. The van der Waals surface area contributed by atoms with Crippen LogP contribution in [0.25, 0.3) is 0 Å². The second-order valence-electron chi connectivity index (χ2n) is 1.93. The van der Waals surface area contributed by atoms with Crippen molar-refractivity contribution in [1.29, 1.82) is 0 Å². The molecule has 3 heteroatoms. The Morgan fingerprint density at radius 2 is 1.70 bits per heavy atom. The predicted octanol–water partition coefficient (Wildman–Crippen LogP) is 2.54. The molecule has 0 aliphatic rings. The summed E-state index contributed by atoms with van der Waals surface area (Å²) in [6.45, 7) is 3.07. The molecule has 60 valence electrons. The summed E-state index contributed by atoms with van der Waals surface area (Å²) in [7, 11) is 0. The molecule has 0 aromatic rings. The summed E-state index contributed by atoms with van der Waals surface area (Å²) in [5, 5.41) is 0. The van der Waals surface area contributed by atoms with Gasteiger partial charge in [0.25, 0.3) is 0 Å². The molecule has 0 amide bonds. The van der Waals surface area contributed by atoms with Crippen molar-refractivity contribution in [2.24, 2.45) is 5.73 Å². The maximum atomic E-state index is 5.27. The van der Waals surface area contributed by atoms with E-state index in [4.69, 9.17) is 5.73 Å². The van der Waals surface area contributed by atoms with Gasteiger partial charge >= 0.3 is 0 Å². The highest BCUT2D eigenvalue weighted by atomic mass is 32.1. The van der Waals surface area contributed by atoms with E-state index in [2.05, 4.69) is 31.4 Å². The second kappa shape index (κ2) is 16.1. The van der Waals surface area contributed by atoms with Crippen molar-refractivity contribution in [3.63, 3.8) is 0 Å². The zero-order valence-electron chi connectivity index (χ0n) is 6.43. The van der Waals surface area contributed by atoms with Gasteiger partial charge in [0.05, 0.1) is 0 Å². The van der Waals surface area contributed by atoms with E-state index in [1.54, 1.807) is 0 Å². The highest BCUT2D eigenvalue weighted by Crippen LogP contribution is 1.95. The fraction of sp³-hybridized carbons (Fsp3) is 0.857. The van der Waals surface area contributed by atoms with Crippen LogP contribution in [0, 0.1) is 0 Å². The number of nitrogens with two attached hydrogens (primary N) is 1. The molecular formula is C7H15NS2. The molecule has 0 unspecified atom stereocenters. The van der Waals surface area contributed by atoms with E-state index in [0.717, 1.165) is 6.54 Å². The van der Waals surface area contributed by atoms with Gasteiger partial charge in [-0.3, -0.25) is 0 Å². The van der Waals surface area contributed by atoms with Crippen molar-refractivity contribution in [2.45, 2.75) is 32.6 Å². The lowest BCUT2D eigenvalue weighted by Gasteiger charge is -1.90. The zero-order valence-corrected chi connectivity index (χ0v) is 8.06. The van der Waals surface area contributed by atoms with Gasteiger partial charge in [0.15, 0.2) is 0 Å². The average molecular weight is 177 g/mol. The molecule has 0 saturated heterocycles. The third kappa shape index (κ3) is 24.1. The SMILES string of the molecule is CCCCCCN.S=C=S. The molecule has 0 bridgehead atoms. The van der Waals surface area contributed by atoms with Gasteiger partial charge < -0.3 is 5.73 Å². The number of unbranched alkanes of at least 4 members (excludes halogenated alkanes) is 3. The minimum absolute atomic E-state index is 0.861. The summed E-state index contributed by atoms with van der Waals surface area (Å²) >= 11 is 7.92. The smallest absolute Gasteiger partial charge is 0.0297 e. The average Bonchev–Trinajstić information content (AvgIpc) is 1.91. The van der Waals surface area contributed by atoms with E-state index >= 15 is 0 Å². The number of hydrogen-bond donors (Lipinski definition) is 1. The van der Waals surface area contributed by atoms with E-state index in [9.17, 15) is 0 Å². The van der Waals surface area contributed by atoms with Gasteiger partial charge in [0, 0.05) is 4.31 Å². The van der Waals surface area contributed by atoms with Crippen LogP contribution in [-0.4, -0.2) is 10.9 Å². The van der Waals surface area contributed by atoms with Crippen LogP contribution in [-0.2, 0) is 0 Å². The molecule has 0 aromatic carbocycles. The first kappa shape index (κ1) is 12.8. The van der Waals surface area contributed by atoms with Crippen LogP contribution in [0.4, 0.5) is 0 Å². The lowest BCUT2D eigenvalue weighted by molar-refractivity contribution is 0.674. The third-order valence-electron chi connectivity index (χ3n) is 1.06. The molecule has 0 fully saturated rings. The van der Waals surface area contributed by atoms with E-state index in [1.165, 1.54) is 25.7 Å². The van der Waals surface area contributed by atoms with E-state index in [0.29, 0.717) is 0 Å². The highest BCUT2D eigenvalue weighted by molar-refractivity contribution is 7.93. The summed E-state index contributed by atoms with van der Waals surface area (Å²) in [6.07, 6.45) is 5.16. The van der Waals surface area contributed by atoms with Crippen LogP contribution >= 0.6 is 24.4 Å². The molecule has 0 atom stereocenters. The summed E-state index contributed by atoms with van der Waals surface area (Å²) in [5.41, 5.74) is 5.27. The summed E-state index contributed by atoms with van der Waals surface area (Å²) in [5.74, 6) is 0. The van der Waals surface area contributed by atoms with Crippen LogP contribution in [0.15, 0.2) is 0 Å². The minimum Gasteiger partial charge on any atom is -0.330 e. The Labute approximate surface area is 74.0 Å². The summed E-state index contributed by atoms with van der Waals surface area (Å²) in [6, 6.07) is 0. The summed E-state index contributed by atoms with van der Waals surface area (Å²) < 4.78 is 1.92. The van der Waals surface area contributed by atoms with Crippen molar-refractivity contribution in [2.75, 3.05) is 6.54 Å². The Kier molecular flexibility index (Phi) is 20.6. The molecule has 0 aliphatic heterocycles. The molecule has 0 aromatic heterocycles. The first-order chi connectivity index (χ1) is 4.83. The highest BCUT2D eigenvalue weighted by Gasteiger charge is 1.80. The van der Waals surface area contributed by atoms with Gasteiger partial charge in [0.2, 0.25) is 0 Å². The fourth-order valence-electron chi connectivity index (χ4n) is 0.571. The fourth-order valence-corrected chi connectivity index (χ4v) is 0.571. The molecule has 0 rings (SSSR count). The van der Waals surface area contributed by atoms with Gasteiger partial charge in [-0.25, -0.2) is 0 Å². The van der Waals surface area contributed by atoms with Gasteiger partial charge in [-0.05, 0) is 37.4 Å². The van der Waals surface area contributed by atoms with Crippen LogP contribution in [0.1, 0.15) is 32.6 Å². The normalized spacial score (nSPS) is 7.40. The molecule has 2 N–H and O–H groups in total. The maximum absolute atomic E-state index is 5.27. The van der Waals surface area contributed by atoms with Crippen molar-refractivity contribution >= 4 is 28.7 Å². The number of thiocarbonyl (C=S) groups is 2. The molecular weight excluding hydrogens is 162 g/mol. The first-order valence-electron chi connectivity index (χ1n) is 3.52. The molecule has 1 nitrogen and oxygen atoms in total. The van der Waals surface area contributed by atoms with E-state index in [-0.39, 0.29) is 0 Å². The van der Waals surface area contributed by atoms with Crippen LogP contribution in [0.5, 0.6) is 0 Å². The van der Waals surface area contributed by atoms with Crippen LogP contribution in [0.2, 0.25) is 0 Å². The number of hydrogen-bond acceptors (Lipinski definition) is 3. The molecule has 0 heterocycles. The monoisotopic (exact) mass is 177 g/mol. The first-order valence-corrected chi connectivity index (χ1v) is 4.34. The Balaban J connectivity index is 0. The predicted molar refractivity (Wildman–Crippen MR) is 53.4 cm³/mol. The molecule has 0 aliphatic carbocycles. The topological polar surface area (TPSA) is 26.0 Å². The zero-order chi connectivity index (χ0) is 8.24. The largest absolute Gasteiger partial charge is 0.330 e. The molecule has 0 spiro atoms. The van der Waals surface area contributed by atoms with Crippen LogP contribution < -0.4 is 5.73 Å². The molecule has 10 heavy (non-hydrogen) atoms. The van der Waals surface area contributed by atoms with Gasteiger partial charge in [-0.2, -0.15) is 0 Å². The van der Waals surface area contributed by atoms with E-state index in [1.807, 2.05) is 4.31 Å². The third-order valence-corrected chi connectivity index (χ3v) is 1.06. The van der Waals surface area contributed by atoms with Crippen molar-refractivity contribution < 1.29 is 0 Å². The lowest BCUT2D eigenvalue weighted by Crippen LogP contribution is -1.97. The standard InChI is InChI=1S/C6H15N.CS2/c1-2-3-4-5-6-7;2-1-3/h2-7H2,1H3;. The van der Waals surface area contributed by atoms with Crippen LogP contribution in [0.3, 0.4) is 0 Å². The number of rotatable bonds is 4. The quantitative estimate of drug-likeness (QED) is 0.528. The van der Waals surface area contributed by atoms with Gasteiger partial charge in [-0.15, -0.1) is 0 Å². The Hall–Kier alpha value is 0.180. The van der Waals surface area contributed by atoms with Gasteiger partial charge in [0.1, 0.15) is 0 Å². The second-order valence-corrected chi connectivity index (χ2v) is 2.60. The van der Waals surface area contributed by atoms with Crippen molar-refractivity contribution in [1.82, 2.24) is 0 Å². The van der Waals surface area contributed by atoms with Crippen molar-refractivity contribution in [3.8, 4) is 0 Å². The lowest BCUT2D eigenvalue weighted by atomic mass is 10.2. The van der Waals surface area contributed by atoms with Gasteiger partial charge in [-0.1, -0.05) is 26.2 Å². The Bertz CT molecular complexity index is 73.7. The Morgan fingerprint density at radius 1 is 1.20 bits per heavy atom.